The first-order valence-corrected chi connectivity index (χ1v) is 14.5. The van der Waals surface area contributed by atoms with Crippen LogP contribution >= 0.6 is 0 Å². The van der Waals surface area contributed by atoms with Crippen LogP contribution in [-0.2, 0) is 36.9 Å². The molecule has 0 spiro atoms. The predicted molar refractivity (Wildman–Crippen MR) is 144 cm³/mol. The Morgan fingerprint density at radius 3 is 2.65 bits per heavy atom. The van der Waals surface area contributed by atoms with Gasteiger partial charge in [-0.05, 0) is 31.2 Å². The van der Waals surface area contributed by atoms with E-state index in [9.17, 15) is 9.00 Å². The molecule has 1 aromatic heterocycles. The zero-order valence-corrected chi connectivity index (χ0v) is 22.6. The molecule has 3 aliphatic rings. The number of ether oxygens (including phenoxy) is 2. The highest BCUT2D eigenvalue weighted by atomic mass is 32.2. The fourth-order valence-corrected chi connectivity index (χ4v) is 7.01. The summed E-state index contributed by atoms with van der Waals surface area (Å²) in [5.74, 6) is 2.03. The van der Waals surface area contributed by atoms with Crippen molar-refractivity contribution in [1.29, 1.82) is 0 Å². The first-order valence-electron chi connectivity index (χ1n) is 13.2. The van der Waals surface area contributed by atoms with E-state index in [1.165, 1.54) is 5.56 Å². The van der Waals surface area contributed by atoms with Gasteiger partial charge in [-0.25, -0.2) is 4.98 Å². The van der Waals surface area contributed by atoms with Gasteiger partial charge >= 0.3 is 0 Å². The Hall–Kier alpha value is -2.56. The minimum absolute atomic E-state index is 0.0148. The molecule has 0 saturated carbocycles. The lowest BCUT2D eigenvalue weighted by Crippen LogP contribution is -2.50. The molecule has 0 bridgehead atoms. The fraction of sp³-hybridized carbons (Fsp3) is 0.593. The maximum atomic E-state index is 12.8. The molecule has 2 saturated heterocycles. The summed E-state index contributed by atoms with van der Waals surface area (Å²) in [4.78, 5) is 27.2. The van der Waals surface area contributed by atoms with E-state index < -0.39 is 10.8 Å². The van der Waals surface area contributed by atoms with Crippen molar-refractivity contribution in [2.75, 3.05) is 69.6 Å². The number of nitrogens with one attached hydrogen (secondary N) is 1. The minimum atomic E-state index is -1.06. The standard InChI is InChI=1S/C27H37N5O4S/c1-31(23(33)18-35-2)19-27(20-6-4-3-5-7-20)11-13-32(14-12-27)26-29-22-10-17-37(34)24(22)25(30-26)28-21-8-15-36-16-9-21/h3-7,21H,8-19H2,1-2H3,(H,28,29,30). The maximum absolute atomic E-state index is 12.8. The van der Waals surface area contributed by atoms with Gasteiger partial charge in [0.1, 0.15) is 17.3 Å². The van der Waals surface area contributed by atoms with Gasteiger partial charge in [0, 0.05) is 70.6 Å². The lowest BCUT2D eigenvalue weighted by Gasteiger charge is -2.44. The molecule has 1 aromatic carbocycles. The van der Waals surface area contributed by atoms with Gasteiger partial charge < -0.3 is 24.6 Å². The van der Waals surface area contributed by atoms with E-state index in [4.69, 9.17) is 19.4 Å². The van der Waals surface area contributed by atoms with Crippen LogP contribution in [0.15, 0.2) is 35.2 Å². The minimum Gasteiger partial charge on any atom is -0.381 e. The Kier molecular flexibility index (Phi) is 8.07. The van der Waals surface area contributed by atoms with Crippen LogP contribution in [0.3, 0.4) is 0 Å². The number of aryl methyl sites for hydroxylation is 1. The van der Waals surface area contributed by atoms with E-state index in [1.807, 2.05) is 13.1 Å². The summed E-state index contributed by atoms with van der Waals surface area (Å²) in [6.07, 6.45) is 4.29. The third-order valence-electron chi connectivity index (χ3n) is 7.86. The maximum Gasteiger partial charge on any atom is 0.248 e. The molecular weight excluding hydrogens is 490 g/mol. The van der Waals surface area contributed by atoms with Gasteiger partial charge in [0.05, 0.1) is 16.5 Å². The quantitative estimate of drug-likeness (QED) is 0.559. The molecule has 5 rings (SSSR count). The highest BCUT2D eigenvalue weighted by Gasteiger charge is 2.39. The van der Waals surface area contributed by atoms with E-state index in [0.717, 1.165) is 68.4 Å². The van der Waals surface area contributed by atoms with Crippen molar-refractivity contribution >= 4 is 28.5 Å². The SMILES string of the molecule is COCC(=O)N(C)CC1(c2ccccc2)CCN(c2nc3c(c(NC4CCOCC4)n2)S(=O)CC3)CC1. The van der Waals surface area contributed by atoms with Crippen LogP contribution in [0.25, 0.3) is 0 Å². The molecule has 3 aliphatic heterocycles. The zero-order chi connectivity index (χ0) is 25.8. The number of aromatic nitrogens is 2. The van der Waals surface area contributed by atoms with Crippen molar-refractivity contribution in [1.82, 2.24) is 14.9 Å². The normalized spacial score (nSPS) is 21.5. The predicted octanol–water partition coefficient (Wildman–Crippen LogP) is 2.37. The first kappa shape index (κ1) is 26.1. The molecule has 200 valence electrons. The van der Waals surface area contributed by atoms with Crippen LogP contribution in [0.5, 0.6) is 0 Å². The van der Waals surface area contributed by atoms with E-state index in [-0.39, 0.29) is 24.0 Å². The van der Waals surface area contributed by atoms with Crippen molar-refractivity contribution in [2.24, 2.45) is 0 Å². The van der Waals surface area contributed by atoms with Gasteiger partial charge in [0.2, 0.25) is 11.9 Å². The fourth-order valence-electron chi connectivity index (χ4n) is 5.70. The van der Waals surface area contributed by atoms with E-state index >= 15 is 0 Å². The first-order chi connectivity index (χ1) is 18.0. The van der Waals surface area contributed by atoms with Crippen molar-refractivity contribution in [3.05, 3.63) is 41.6 Å². The molecule has 2 aromatic rings. The topological polar surface area (TPSA) is 96.9 Å². The van der Waals surface area contributed by atoms with Crippen LogP contribution in [0.2, 0.25) is 0 Å². The van der Waals surface area contributed by atoms with Gasteiger partial charge in [-0.2, -0.15) is 4.98 Å². The number of anilines is 2. The molecule has 1 unspecified atom stereocenters. The van der Waals surface area contributed by atoms with Crippen molar-refractivity contribution in [3.8, 4) is 0 Å². The number of carbonyl (C=O) groups excluding carboxylic acids is 1. The number of amides is 1. The number of fused-ring (bicyclic) bond motifs is 1. The highest BCUT2D eigenvalue weighted by molar-refractivity contribution is 7.85. The summed E-state index contributed by atoms with van der Waals surface area (Å²) in [6.45, 7) is 3.74. The number of rotatable bonds is 8. The van der Waals surface area contributed by atoms with Crippen LogP contribution in [0.4, 0.5) is 11.8 Å². The third-order valence-corrected chi connectivity index (χ3v) is 9.32. The lowest BCUT2D eigenvalue weighted by molar-refractivity contribution is -0.134. The second-order valence-corrected chi connectivity index (χ2v) is 11.8. The summed E-state index contributed by atoms with van der Waals surface area (Å²) in [5.41, 5.74) is 2.00. The zero-order valence-electron chi connectivity index (χ0n) is 21.8. The van der Waals surface area contributed by atoms with Gasteiger partial charge in [0.15, 0.2) is 0 Å². The Balaban J connectivity index is 1.37. The van der Waals surface area contributed by atoms with Gasteiger partial charge in [0.25, 0.3) is 0 Å². The average molecular weight is 528 g/mol. The number of hydrogen-bond acceptors (Lipinski definition) is 8. The number of piperidine rings is 1. The molecule has 37 heavy (non-hydrogen) atoms. The molecule has 0 radical (unpaired) electrons. The van der Waals surface area contributed by atoms with Crippen LogP contribution < -0.4 is 10.2 Å². The van der Waals surface area contributed by atoms with Crippen LogP contribution in [-0.4, -0.2) is 90.4 Å². The van der Waals surface area contributed by atoms with Gasteiger partial charge in [-0.1, -0.05) is 30.3 Å². The van der Waals surface area contributed by atoms with Gasteiger partial charge in [-0.15, -0.1) is 0 Å². The van der Waals surface area contributed by atoms with Crippen molar-refractivity contribution < 1.29 is 18.5 Å². The van der Waals surface area contributed by atoms with Gasteiger partial charge in [-0.3, -0.25) is 9.00 Å². The molecule has 1 N–H and O–H groups in total. The number of methoxy groups -OCH3 is 1. The lowest BCUT2D eigenvalue weighted by atomic mass is 9.72. The number of nitrogens with zero attached hydrogens (tertiary/aromatic N) is 4. The number of benzene rings is 1. The Morgan fingerprint density at radius 2 is 1.95 bits per heavy atom. The van der Waals surface area contributed by atoms with E-state index in [1.54, 1.807) is 12.0 Å². The molecule has 0 aliphatic carbocycles. The Morgan fingerprint density at radius 1 is 1.22 bits per heavy atom. The van der Waals surface area contributed by atoms with E-state index in [0.29, 0.717) is 24.7 Å². The summed E-state index contributed by atoms with van der Waals surface area (Å²) < 4.78 is 23.4. The summed E-state index contributed by atoms with van der Waals surface area (Å²) in [5, 5.41) is 3.58. The van der Waals surface area contributed by atoms with Crippen molar-refractivity contribution in [2.45, 2.75) is 48.5 Å². The summed E-state index contributed by atoms with van der Waals surface area (Å²) >= 11 is 0. The monoisotopic (exact) mass is 527 g/mol. The van der Waals surface area contributed by atoms with Crippen molar-refractivity contribution in [3.63, 3.8) is 0 Å². The average Bonchev–Trinajstić information content (AvgIpc) is 3.31. The second kappa shape index (κ2) is 11.4. The molecule has 9 nitrogen and oxygen atoms in total. The number of carbonyl (C=O) groups is 1. The molecule has 10 heteroatoms. The molecule has 1 amide bonds. The largest absolute Gasteiger partial charge is 0.381 e. The van der Waals surface area contributed by atoms with Crippen LogP contribution in [0.1, 0.15) is 36.9 Å². The highest BCUT2D eigenvalue weighted by Crippen LogP contribution is 2.38. The third kappa shape index (κ3) is 5.66. The Bertz CT molecular complexity index is 1120. The van der Waals surface area contributed by atoms with Crippen LogP contribution in [0, 0.1) is 0 Å². The molecule has 1 atom stereocenters. The number of hydrogen-bond donors (Lipinski definition) is 1. The molecule has 4 heterocycles. The molecular formula is C27H37N5O4S. The number of likely N-dealkylation sites (N-methyl/N-ethyl adjacent to an activating group) is 1. The summed E-state index contributed by atoms with van der Waals surface area (Å²) in [6, 6.07) is 10.8. The summed E-state index contributed by atoms with van der Waals surface area (Å²) in [7, 11) is 2.35. The molecule has 2 fully saturated rings. The van der Waals surface area contributed by atoms with E-state index in [2.05, 4.69) is 34.5 Å². The Labute approximate surface area is 221 Å². The second-order valence-electron chi connectivity index (χ2n) is 10.3. The smallest absolute Gasteiger partial charge is 0.248 e.